The smallest absolute Gasteiger partial charge is 0.411 e. The molecule has 2 bridgehead atoms. The molecule has 2 aliphatic rings. The zero-order valence-electron chi connectivity index (χ0n) is 11.1. The lowest BCUT2D eigenvalue weighted by Gasteiger charge is -2.29. The Morgan fingerprint density at radius 3 is 2.83 bits per heavy atom. The largest absolute Gasteiger partial charge is 0.444 e. The van der Waals surface area contributed by atoms with Crippen molar-refractivity contribution in [3.63, 3.8) is 0 Å². The second kappa shape index (κ2) is 4.76. The van der Waals surface area contributed by atoms with E-state index in [2.05, 4.69) is 5.32 Å². The van der Waals surface area contributed by atoms with Gasteiger partial charge >= 0.3 is 6.09 Å². The summed E-state index contributed by atoms with van der Waals surface area (Å²) in [5.74, 6) is -0.0305. The van der Waals surface area contributed by atoms with Crippen molar-refractivity contribution in [1.82, 2.24) is 10.2 Å². The van der Waals surface area contributed by atoms with Gasteiger partial charge in [0.05, 0.1) is 13.2 Å². The Labute approximate surface area is 107 Å². The highest BCUT2D eigenvalue weighted by Gasteiger charge is 2.39. The predicted molar refractivity (Wildman–Crippen MR) is 64.0 cm³/mol. The van der Waals surface area contributed by atoms with Gasteiger partial charge in [-0.2, -0.15) is 0 Å². The molecule has 0 aromatic heterocycles. The van der Waals surface area contributed by atoms with Gasteiger partial charge in [0.25, 0.3) is 0 Å². The first-order chi connectivity index (χ1) is 8.37. The zero-order valence-corrected chi connectivity index (χ0v) is 11.1. The number of nitrogens with one attached hydrogen (secondary N) is 1. The van der Waals surface area contributed by atoms with Crippen molar-refractivity contribution in [2.45, 2.75) is 32.4 Å². The molecule has 0 saturated carbocycles. The standard InChI is InChI=1S/C12H20N2O4/c1-12(2,3)18-11(16)14-5-8-4-13-10(15)9(14)7-17-6-8/h8-9H,4-7H2,1-3H3,(H,13,15). The molecule has 2 heterocycles. The van der Waals surface area contributed by atoms with Gasteiger partial charge in [-0.1, -0.05) is 0 Å². The summed E-state index contributed by atoms with van der Waals surface area (Å²) >= 11 is 0. The van der Waals surface area contributed by atoms with Gasteiger partial charge in [-0.25, -0.2) is 4.79 Å². The van der Waals surface area contributed by atoms with Crippen molar-refractivity contribution in [3.05, 3.63) is 0 Å². The Morgan fingerprint density at radius 2 is 2.17 bits per heavy atom. The van der Waals surface area contributed by atoms with Crippen LogP contribution in [0.3, 0.4) is 0 Å². The fourth-order valence-electron chi connectivity index (χ4n) is 2.12. The molecule has 102 valence electrons. The van der Waals surface area contributed by atoms with Crippen LogP contribution in [0.1, 0.15) is 20.8 Å². The van der Waals surface area contributed by atoms with Crippen LogP contribution in [0.25, 0.3) is 0 Å². The second-order valence-electron chi connectivity index (χ2n) is 5.80. The Bertz CT molecular complexity index is 350. The van der Waals surface area contributed by atoms with Crippen molar-refractivity contribution in [3.8, 4) is 0 Å². The third-order valence-electron chi connectivity index (χ3n) is 2.96. The van der Waals surface area contributed by atoms with E-state index >= 15 is 0 Å². The molecule has 0 aromatic rings. The molecule has 2 aliphatic heterocycles. The van der Waals surface area contributed by atoms with E-state index in [-0.39, 0.29) is 18.4 Å². The third-order valence-corrected chi connectivity index (χ3v) is 2.96. The summed E-state index contributed by atoms with van der Waals surface area (Å²) in [6.45, 7) is 7.28. The van der Waals surface area contributed by atoms with Crippen LogP contribution in [0, 0.1) is 5.92 Å². The number of rotatable bonds is 0. The van der Waals surface area contributed by atoms with Crippen LogP contribution in [-0.2, 0) is 14.3 Å². The van der Waals surface area contributed by atoms with E-state index in [0.717, 1.165) is 0 Å². The Hall–Kier alpha value is -1.30. The molecule has 2 fully saturated rings. The molecule has 2 saturated heterocycles. The van der Waals surface area contributed by atoms with E-state index in [1.54, 1.807) is 0 Å². The molecule has 1 N–H and O–H groups in total. The van der Waals surface area contributed by atoms with E-state index in [0.29, 0.717) is 19.7 Å². The van der Waals surface area contributed by atoms with E-state index in [9.17, 15) is 9.59 Å². The first kappa shape index (κ1) is 13.1. The third kappa shape index (κ3) is 2.93. The van der Waals surface area contributed by atoms with Crippen LogP contribution in [0.5, 0.6) is 0 Å². The van der Waals surface area contributed by atoms with E-state index < -0.39 is 17.7 Å². The number of carbonyl (C=O) groups is 2. The van der Waals surface area contributed by atoms with Gasteiger partial charge in [0.15, 0.2) is 0 Å². The predicted octanol–water partition coefficient (Wildman–Crippen LogP) is 0.368. The van der Waals surface area contributed by atoms with Crippen molar-refractivity contribution in [1.29, 1.82) is 0 Å². The SMILES string of the molecule is CC(C)(C)OC(=O)N1CC2CNC(=O)C1COC2. The molecule has 2 amide bonds. The van der Waals surface area contributed by atoms with E-state index in [4.69, 9.17) is 9.47 Å². The van der Waals surface area contributed by atoms with Crippen molar-refractivity contribution >= 4 is 12.0 Å². The van der Waals surface area contributed by atoms with Gasteiger partial charge in [0, 0.05) is 19.0 Å². The van der Waals surface area contributed by atoms with Gasteiger partial charge in [-0.15, -0.1) is 0 Å². The highest BCUT2D eigenvalue weighted by atomic mass is 16.6. The summed E-state index contributed by atoms with van der Waals surface area (Å²) in [7, 11) is 0. The monoisotopic (exact) mass is 256 g/mol. The molecule has 0 aromatic carbocycles. The molecule has 2 atom stereocenters. The van der Waals surface area contributed by atoms with Crippen LogP contribution in [0.4, 0.5) is 4.79 Å². The molecular formula is C12H20N2O4. The maximum absolute atomic E-state index is 12.1. The molecule has 2 rings (SSSR count). The fourth-order valence-corrected chi connectivity index (χ4v) is 2.12. The highest BCUT2D eigenvalue weighted by molar-refractivity contribution is 5.86. The molecule has 18 heavy (non-hydrogen) atoms. The lowest BCUT2D eigenvalue weighted by Crippen LogP contribution is -2.50. The maximum Gasteiger partial charge on any atom is 0.411 e. The molecule has 0 radical (unpaired) electrons. The first-order valence-corrected chi connectivity index (χ1v) is 6.22. The van der Waals surface area contributed by atoms with Crippen LogP contribution in [0.2, 0.25) is 0 Å². The van der Waals surface area contributed by atoms with Gasteiger partial charge in [-0.05, 0) is 20.8 Å². The van der Waals surface area contributed by atoms with Crippen LogP contribution < -0.4 is 5.32 Å². The summed E-state index contributed by atoms with van der Waals surface area (Å²) in [6.07, 6.45) is -0.444. The number of nitrogens with zero attached hydrogens (tertiary/aromatic N) is 1. The molecule has 0 spiro atoms. The minimum absolute atomic E-state index is 0.133. The lowest BCUT2D eigenvalue weighted by molar-refractivity contribution is -0.127. The molecule has 0 aliphatic carbocycles. The Morgan fingerprint density at radius 1 is 1.44 bits per heavy atom. The lowest BCUT2D eigenvalue weighted by atomic mass is 10.1. The van der Waals surface area contributed by atoms with Gasteiger partial charge in [0.1, 0.15) is 11.6 Å². The second-order valence-corrected chi connectivity index (χ2v) is 5.80. The molecule has 6 heteroatoms. The van der Waals surface area contributed by atoms with E-state index in [1.807, 2.05) is 20.8 Å². The minimum Gasteiger partial charge on any atom is -0.444 e. The maximum atomic E-state index is 12.1. The number of amides is 2. The normalized spacial score (nSPS) is 28.4. The summed E-state index contributed by atoms with van der Waals surface area (Å²) in [4.78, 5) is 25.5. The molecule has 6 nitrogen and oxygen atoms in total. The van der Waals surface area contributed by atoms with Gasteiger partial charge in [0.2, 0.25) is 5.91 Å². The zero-order chi connectivity index (χ0) is 13.3. The minimum atomic E-state index is -0.577. The summed E-state index contributed by atoms with van der Waals surface area (Å²) in [5.41, 5.74) is -0.561. The average Bonchev–Trinajstić information content (AvgIpc) is 2.51. The Balaban J connectivity index is 2.15. The summed E-state index contributed by atoms with van der Waals surface area (Å²) < 4.78 is 10.8. The number of ether oxygens (including phenoxy) is 2. The fraction of sp³-hybridized carbons (Fsp3) is 0.833. The van der Waals surface area contributed by atoms with Crippen LogP contribution >= 0.6 is 0 Å². The quantitative estimate of drug-likeness (QED) is 0.680. The number of hydrogen-bond donors (Lipinski definition) is 1. The van der Waals surface area contributed by atoms with Gasteiger partial charge < -0.3 is 14.8 Å². The molecular weight excluding hydrogens is 236 g/mol. The number of fused-ring (bicyclic) bond motifs is 3. The average molecular weight is 256 g/mol. The van der Waals surface area contributed by atoms with Crippen LogP contribution in [-0.4, -0.2) is 54.8 Å². The number of carbonyl (C=O) groups excluding carboxylic acids is 2. The topological polar surface area (TPSA) is 67.9 Å². The van der Waals surface area contributed by atoms with Crippen molar-refractivity contribution in [2.75, 3.05) is 26.3 Å². The van der Waals surface area contributed by atoms with Crippen molar-refractivity contribution < 1.29 is 19.1 Å². The number of hydrogen-bond acceptors (Lipinski definition) is 4. The highest BCUT2D eigenvalue weighted by Crippen LogP contribution is 2.19. The van der Waals surface area contributed by atoms with Gasteiger partial charge in [-0.3, -0.25) is 9.69 Å². The summed E-state index contributed by atoms with van der Waals surface area (Å²) in [6, 6.07) is -0.577. The summed E-state index contributed by atoms with van der Waals surface area (Å²) in [5, 5.41) is 2.83. The van der Waals surface area contributed by atoms with E-state index in [1.165, 1.54) is 4.90 Å². The molecule has 2 unspecified atom stereocenters. The van der Waals surface area contributed by atoms with Crippen LogP contribution in [0.15, 0.2) is 0 Å². The first-order valence-electron chi connectivity index (χ1n) is 6.22. The van der Waals surface area contributed by atoms with Crippen molar-refractivity contribution in [2.24, 2.45) is 5.92 Å². The Kier molecular flexibility index (Phi) is 3.47.